The van der Waals surface area contributed by atoms with Gasteiger partial charge in [-0.2, -0.15) is 0 Å². The summed E-state index contributed by atoms with van der Waals surface area (Å²) in [6.45, 7) is 6.47. The van der Waals surface area contributed by atoms with Gasteiger partial charge in [-0.25, -0.2) is 0 Å². The van der Waals surface area contributed by atoms with E-state index in [9.17, 15) is 0 Å². The fraction of sp³-hybridized carbons (Fsp3) is 0.905. The Labute approximate surface area is 145 Å². The number of hydrogen-bond acceptors (Lipinski definition) is 2. The van der Waals surface area contributed by atoms with Crippen LogP contribution in [0.15, 0.2) is 0 Å². The second-order valence-electron chi connectivity index (χ2n) is 7.09. The molecule has 23 heavy (non-hydrogen) atoms. The molecule has 0 bridgehead atoms. The van der Waals surface area contributed by atoms with Gasteiger partial charge in [-0.05, 0) is 13.0 Å². The predicted octanol–water partition coefficient (Wildman–Crippen LogP) is 5.41. The molecule has 1 fully saturated rings. The van der Waals surface area contributed by atoms with Crippen molar-refractivity contribution in [2.75, 3.05) is 26.2 Å². The van der Waals surface area contributed by atoms with Gasteiger partial charge in [-0.3, -0.25) is 4.90 Å². The van der Waals surface area contributed by atoms with E-state index in [1.165, 1.54) is 83.6 Å². The smallest absolute Gasteiger partial charge is 0.0811 e. The van der Waals surface area contributed by atoms with E-state index in [1.807, 2.05) is 0 Å². The van der Waals surface area contributed by atoms with Crippen LogP contribution in [0, 0.1) is 12.3 Å². The molecule has 1 aliphatic heterocycles. The number of nitrogens with zero attached hydrogens (tertiary/aromatic N) is 1. The summed E-state index contributed by atoms with van der Waals surface area (Å²) in [5.41, 5.74) is 0. The summed E-state index contributed by atoms with van der Waals surface area (Å²) in [5, 5.41) is 0. The molecule has 0 aromatic heterocycles. The number of ether oxygens (including phenoxy) is 1. The summed E-state index contributed by atoms with van der Waals surface area (Å²) < 4.78 is 5.68. The summed E-state index contributed by atoms with van der Waals surface area (Å²) in [4.78, 5) is 2.53. The van der Waals surface area contributed by atoms with Crippen molar-refractivity contribution >= 4 is 0 Å². The van der Waals surface area contributed by atoms with Crippen LogP contribution in [-0.2, 0) is 4.74 Å². The summed E-state index contributed by atoms with van der Waals surface area (Å²) in [6.07, 6.45) is 23.4. The molecule has 1 atom stereocenters. The van der Waals surface area contributed by atoms with Crippen molar-refractivity contribution in [3.63, 3.8) is 0 Å². The van der Waals surface area contributed by atoms with Crippen molar-refractivity contribution in [1.29, 1.82) is 0 Å². The topological polar surface area (TPSA) is 12.5 Å². The molecule has 1 heterocycles. The van der Waals surface area contributed by atoms with Crippen molar-refractivity contribution in [1.82, 2.24) is 4.90 Å². The standard InChI is InChI=1S/C21H39NO/c1-3-5-6-7-8-9-10-11-12-13-14-15-17-22-18-19-23-21(20-22)16-4-2/h2,21H,3,5-20H2,1H3. The normalized spacial score (nSPS) is 18.9. The highest BCUT2D eigenvalue weighted by Crippen LogP contribution is 2.13. The zero-order valence-corrected chi connectivity index (χ0v) is 15.5. The first-order valence-corrected chi connectivity index (χ1v) is 10.1. The molecule has 1 unspecified atom stereocenters. The van der Waals surface area contributed by atoms with E-state index in [0.29, 0.717) is 0 Å². The maximum atomic E-state index is 5.68. The molecule has 0 aromatic carbocycles. The van der Waals surface area contributed by atoms with Crippen molar-refractivity contribution in [3.05, 3.63) is 0 Å². The first kappa shape index (κ1) is 20.5. The zero-order valence-electron chi connectivity index (χ0n) is 15.5. The third kappa shape index (κ3) is 11.6. The van der Waals surface area contributed by atoms with E-state index in [-0.39, 0.29) is 6.10 Å². The Morgan fingerprint density at radius 1 is 0.913 bits per heavy atom. The molecule has 2 nitrogen and oxygen atoms in total. The van der Waals surface area contributed by atoms with Gasteiger partial charge in [0.25, 0.3) is 0 Å². The van der Waals surface area contributed by atoms with Gasteiger partial charge in [-0.1, -0.05) is 77.6 Å². The number of morpholine rings is 1. The molecule has 0 saturated carbocycles. The van der Waals surface area contributed by atoms with Crippen molar-refractivity contribution in [2.24, 2.45) is 0 Å². The third-order valence-electron chi connectivity index (χ3n) is 4.90. The number of unbranched alkanes of at least 4 members (excludes halogenated alkanes) is 11. The van der Waals surface area contributed by atoms with Crippen LogP contribution >= 0.6 is 0 Å². The highest BCUT2D eigenvalue weighted by atomic mass is 16.5. The molecule has 0 amide bonds. The molecule has 0 aliphatic carbocycles. The van der Waals surface area contributed by atoms with Crippen LogP contribution in [0.25, 0.3) is 0 Å². The molecule has 2 heteroatoms. The summed E-state index contributed by atoms with van der Waals surface area (Å²) in [6, 6.07) is 0. The molecule has 0 spiro atoms. The fourth-order valence-electron chi connectivity index (χ4n) is 3.41. The Morgan fingerprint density at radius 3 is 2.04 bits per heavy atom. The lowest BCUT2D eigenvalue weighted by molar-refractivity contribution is -0.0256. The van der Waals surface area contributed by atoms with Crippen LogP contribution in [0.4, 0.5) is 0 Å². The number of terminal acetylenes is 1. The monoisotopic (exact) mass is 321 g/mol. The summed E-state index contributed by atoms with van der Waals surface area (Å²) >= 11 is 0. The Bertz CT molecular complexity index is 297. The van der Waals surface area contributed by atoms with Crippen molar-refractivity contribution in [3.8, 4) is 12.3 Å². The third-order valence-corrected chi connectivity index (χ3v) is 4.90. The van der Waals surface area contributed by atoms with Gasteiger partial charge in [0.2, 0.25) is 0 Å². The second kappa shape index (κ2) is 15.0. The molecular formula is C21H39NO. The Balaban J connectivity index is 1.82. The molecule has 1 rings (SSSR count). The molecule has 1 saturated heterocycles. The lowest BCUT2D eigenvalue weighted by atomic mass is 10.1. The van der Waals surface area contributed by atoms with Crippen molar-refractivity contribution < 1.29 is 4.74 Å². The minimum Gasteiger partial charge on any atom is -0.375 e. The summed E-state index contributed by atoms with van der Waals surface area (Å²) in [7, 11) is 0. The van der Waals surface area contributed by atoms with Gasteiger partial charge in [0.1, 0.15) is 0 Å². The minimum absolute atomic E-state index is 0.270. The van der Waals surface area contributed by atoms with E-state index in [4.69, 9.17) is 11.2 Å². The fourth-order valence-corrected chi connectivity index (χ4v) is 3.41. The summed E-state index contributed by atoms with van der Waals surface area (Å²) in [5.74, 6) is 2.72. The lowest BCUT2D eigenvalue weighted by Crippen LogP contribution is -2.42. The quantitative estimate of drug-likeness (QED) is 0.313. The first-order valence-electron chi connectivity index (χ1n) is 10.1. The maximum absolute atomic E-state index is 5.68. The number of hydrogen-bond donors (Lipinski definition) is 0. The van der Waals surface area contributed by atoms with Crippen LogP contribution in [0.3, 0.4) is 0 Å². The maximum Gasteiger partial charge on any atom is 0.0811 e. The molecule has 0 N–H and O–H groups in total. The van der Waals surface area contributed by atoms with E-state index in [1.54, 1.807) is 0 Å². The Kier molecular flexibility index (Phi) is 13.4. The highest BCUT2D eigenvalue weighted by Gasteiger charge is 2.18. The molecular weight excluding hydrogens is 282 g/mol. The van der Waals surface area contributed by atoms with Gasteiger partial charge in [-0.15, -0.1) is 12.3 Å². The van der Waals surface area contributed by atoms with E-state index >= 15 is 0 Å². The van der Waals surface area contributed by atoms with Crippen LogP contribution < -0.4 is 0 Å². The average molecular weight is 322 g/mol. The van der Waals surface area contributed by atoms with E-state index < -0.39 is 0 Å². The molecule has 1 aliphatic rings. The van der Waals surface area contributed by atoms with Gasteiger partial charge in [0.15, 0.2) is 0 Å². The molecule has 134 valence electrons. The highest BCUT2D eigenvalue weighted by molar-refractivity contribution is 4.89. The van der Waals surface area contributed by atoms with Gasteiger partial charge in [0.05, 0.1) is 12.7 Å². The zero-order chi connectivity index (χ0) is 16.6. The lowest BCUT2D eigenvalue weighted by Gasteiger charge is -2.32. The largest absolute Gasteiger partial charge is 0.375 e. The van der Waals surface area contributed by atoms with Crippen LogP contribution in [0.5, 0.6) is 0 Å². The Morgan fingerprint density at radius 2 is 1.48 bits per heavy atom. The van der Waals surface area contributed by atoms with E-state index in [2.05, 4.69) is 17.7 Å². The predicted molar refractivity (Wildman–Crippen MR) is 101 cm³/mol. The van der Waals surface area contributed by atoms with Crippen LogP contribution in [0.1, 0.15) is 90.4 Å². The number of rotatable bonds is 14. The first-order chi connectivity index (χ1) is 11.4. The second-order valence-corrected chi connectivity index (χ2v) is 7.09. The van der Waals surface area contributed by atoms with Gasteiger partial charge in [0, 0.05) is 19.5 Å². The molecule has 0 aromatic rings. The van der Waals surface area contributed by atoms with Gasteiger partial charge >= 0.3 is 0 Å². The minimum atomic E-state index is 0.270. The molecule has 0 radical (unpaired) electrons. The van der Waals surface area contributed by atoms with Gasteiger partial charge < -0.3 is 4.74 Å². The van der Waals surface area contributed by atoms with Crippen molar-refractivity contribution in [2.45, 2.75) is 96.5 Å². The Hall–Kier alpha value is -0.520. The SMILES string of the molecule is C#CCC1CN(CCCCCCCCCCCCCC)CCO1. The van der Waals surface area contributed by atoms with E-state index in [0.717, 1.165) is 26.1 Å². The van der Waals surface area contributed by atoms with Crippen LogP contribution in [0.2, 0.25) is 0 Å². The average Bonchev–Trinajstić information content (AvgIpc) is 2.56. The van der Waals surface area contributed by atoms with Crippen LogP contribution in [-0.4, -0.2) is 37.2 Å².